The summed E-state index contributed by atoms with van der Waals surface area (Å²) in [6, 6.07) is 0.429. The van der Waals surface area contributed by atoms with Gasteiger partial charge in [0.2, 0.25) is 5.91 Å². The summed E-state index contributed by atoms with van der Waals surface area (Å²) in [5, 5.41) is 3.18. The van der Waals surface area contributed by atoms with Crippen molar-refractivity contribution < 1.29 is 4.79 Å². The zero-order chi connectivity index (χ0) is 11.5. The van der Waals surface area contributed by atoms with Gasteiger partial charge < -0.3 is 11.1 Å². The van der Waals surface area contributed by atoms with E-state index in [0.29, 0.717) is 12.0 Å². The van der Waals surface area contributed by atoms with Crippen molar-refractivity contribution >= 4 is 5.91 Å². The lowest BCUT2D eigenvalue weighted by Gasteiger charge is -2.23. The van der Waals surface area contributed by atoms with Gasteiger partial charge >= 0.3 is 0 Å². The number of hydrogen-bond acceptors (Lipinski definition) is 2. The van der Waals surface area contributed by atoms with Crippen molar-refractivity contribution in [2.24, 2.45) is 17.6 Å². The molecule has 3 heteroatoms. The minimum Gasteiger partial charge on any atom is -0.353 e. The molecular weight excluding hydrogens is 200 g/mol. The lowest BCUT2D eigenvalue weighted by molar-refractivity contribution is -0.126. The fourth-order valence-corrected chi connectivity index (χ4v) is 3.22. The van der Waals surface area contributed by atoms with Gasteiger partial charge in [-0.25, -0.2) is 0 Å². The molecule has 92 valence electrons. The minimum atomic E-state index is 0.0730. The standard InChI is InChI=1S/C13H24N2O/c1-9(10-5-2-3-6-10)15-13(16)11-7-4-8-12(11)14/h9-12H,2-8,14H2,1H3,(H,15,16)/t9-,11?,12?/m1/s1. The van der Waals surface area contributed by atoms with E-state index in [1.807, 2.05) is 0 Å². The van der Waals surface area contributed by atoms with E-state index in [1.54, 1.807) is 0 Å². The second kappa shape index (κ2) is 5.17. The highest BCUT2D eigenvalue weighted by molar-refractivity contribution is 5.80. The normalized spacial score (nSPS) is 32.9. The molecular formula is C13H24N2O. The number of carbonyl (C=O) groups is 1. The number of nitrogens with two attached hydrogens (primary N) is 1. The Labute approximate surface area is 98.2 Å². The monoisotopic (exact) mass is 224 g/mol. The Morgan fingerprint density at radius 2 is 1.88 bits per heavy atom. The van der Waals surface area contributed by atoms with Crippen LogP contribution in [0.3, 0.4) is 0 Å². The molecule has 3 nitrogen and oxygen atoms in total. The number of nitrogens with one attached hydrogen (secondary N) is 1. The zero-order valence-corrected chi connectivity index (χ0v) is 10.2. The average molecular weight is 224 g/mol. The third-order valence-electron chi connectivity index (χ3n) is 4.38. The summed E-state index contributed by atoms with van der Waals surface area (Å²) in [6.07, 6.45) is 8.30. The minimum absolute atomic E-state index is 0.0730. The number of hydrogen-bond donors (Lipinski definition) is 2. The van der Waals surface area contributed by atoms with Crippen LogP contribution in [0.2, 0.25) is 0 Å². The van der Waals surface area contributed by atoms with Gasteiger partial charge in [-0.1, -0.05) is 19.3 Å². The molecule has 0 heterocycles. The molecule has 0 bridgehead atoms. The maximum Gasteiger partial charge on any atom is 0.224 e. The van der Waals surface area contributed by atoms with Crippen LogP contribution in [0.5, 0.6) is 0 Å². The van der Waals surface area contributed by atoms with E-state index in [0.717, 1.165) is 19.3 Å². The maximum atomic E-state index is 12.0. The van der Waals surface area contributed by atoms with Crippen molar-refractivity contribution in [2.75, 3.05) is 0 Å². The highest BCUT2D eigenvalue weighted by Crippen LogP contribution is 2.29. The summed E-state index contributed by atoms with van der Waals surface area (Å²) in [5.41, 5.74) is 5.95. The van der Waals surface area contributed by atoms with Crippen LogP contribution in [0.1, 0.15) is 51.9 Å². The summed E-state index contributed by atoms with van der Waals surface area (Å²) in [6.45, 7) is 2.15. The van der Waals surface area contributed by atoms with Gasteiger partial charge in [-0.05, 0) is 38.5 Å². The van der Waals surface area contributed by atoms with Crippen molar-refractivity contribution in [1.29, 1.82) is 0 Å². The Morgan fingerprint density at radius 1 is 1.19 bits per heavy atom. The van der Waals surface area contributed by atoms with Crippen molar-refractivity contribution in [2.45, 2.75) is 64.0 Å². The first kappa shape index (κ1) is 11.9. The number of rotatable bonds is 3. The first-order valence-corrected chi connectivity index (χ1v) is 6.74. The smallest absolute Gasteiger partial charge is 0.224 e. The molecule has 0 spiro atoms. The molecule has 0 radical (unpaired) electrons. The summed E-state index contributed by atoms with van der Waals surface area (Å²) >= 11 is 0. The molecule has 0 aromatic carbocycles. The van der Waals surface area contributed by atoms with Crippen LogP contribution in [0.15, 0.2) is 0 Å². The fraction of sp³-hybridized carbons (Fsp3) is 0.923. The van der Waals surface area contributed by atoms with Crippen LogP contribution < -0.4 is 11.1 Å². The van der Waals surface area contributed by atoms with Crippen molar-refractivity contribution in [1.82, 2.24) is 5.32 Å². The maximum absolute atomic E-state index is 12.0. The molecule has 2 aliphatic carbocycles. The highest BCUT2D eigenvalue weighted by Gasteiger charge is 2.32. The first-order chi connectivity index (χ1) is 7.68. The van der Waals surface area contributed by atoms with E-state index in [9.17, 15) is 4.79 Å². The van der Waals surface area contributed by atoms with Crippen LogP contribution in [0.4, 0.5) is 0 Å². The molecule has 2 rings (SSSR count). The van der Waals surface area contributed by atoms with E-state index >= 15 is 0 Å². The van der Waals surface area contributed by atoms with Gasteiger partial charge in [0.25, 0.3) is 0 Å². The Hall–Kier alpha value is -0.570. The van der Waals surface area contributed by atoms with Crippen LogP contribution in [-0.4, -0.2) is 18.0 Å². The van der Waals surface area contributed by atoms with E-state index < -0.39 is 0 Å². The van der Waals surface area contributed by atoms with E-state index in [4.69, 9.17) is 5.73 Å². The third kappa shape index (κ3) is 2.57. The molecule has 3 N–H and O–H groups in total. The molecule has 2 saturated carbocycles. The van der Waals surface area contributed by atoms with E-state index in [1.165, 1.54) is 25.7 Å². The number of carbonyl (C=O) groups excluding carboxylic acids is 1. The van der Waals surface area contributed by atoms with Crippen molar-refractivity contribution in [3.8, 4) is 0 Å². The predicted octanol–water partition coefficient (Wildman–Crippen LogP) is 1.81. The van der Waals surface area contributed by atoms with Crippen LogP contribution >= 0.6 is 0 Å². The lowest BCUT2D eigenvalue weighted by Crippen LogP contribution is -2.44. The van der Waals surface area contributed by atoms with Crippen molar-refractivity contribution in [3.05, 3.63) is 0 Å². The Kier molecular flexibility index (Phi) is 3.85. The largest absolute Gasteiger partial charge is 0.353 e. The zero-order valence-electron chi connectivity index (χ0n) is 10.2. The predicted molar refractivity (Wildman–Crippen MR) is 64.9 cm³/mol. The van der Waals surface area contributed by atoms with Crippen LogP contribution in [0, 0.1) is 11.8 Å². The molecule has 0 aromatic heterocycles. The average Bonchev–Trinajstić information content (AvgIpc) is 2.86. The first-order valence-electron chi connectivity index (χ1n) is 6.74. The summed E-state index contributed by atoms with van der Waals surface area (Å²) in [7, 11) is 0. The molecule has 3 atom stereocenters. The summed E-state index contributed by atoms with van der Waals surface area (Å²) in [4.78, 5) is 12.0. The SMILES string of the molecule is C[C@@H](NC(=O)C1CCCC1N)C1CCCC1. The topological polar surface area (TPSA) is 55.1 Å². The van der Waals surface area contributed by atoms with Crippen molar-refractivity contribution in [3.63, 3.8) is 0 Å². The Balaban J connectivity index is 1.81. The molecule has 16 heavy (non-hydrogen) atoms. The third-order valence-corrected chi connectivity index (χ3v) is 4.38. The Bertz CT molecular complexity index is 248. The molecule has 0 aliphatic heterocycles. The van der Waals surface area contributed by atoms with Gasteiger partial charge in [0.05, 0.1) is 5.92 Å². The number of amides is 1. The molecule has 2 fully saturated rings. The van der Waals surface area contributed by atoms with Crippen LogP contribution in [-0.2, 0) is 4.79 Å². The second-order valence-electron chi connectivity index (χ2n) is 5.54. The van der Waals surface area contributed by atoms with Crippen LogP contribution in [0.25, 0.3) is 0 Å². The summed E-state index contributed by atoms with van der Waals surface area (Å²) < 4.78 is 0. The van der Waals surface area contributed by atoms with Gasteiger partial charge in [-0.3, -0.25) is 4.79 Å². The molecule has 2 unspecified atom stereocenters. The molecule has 0 saturated heterocycles. The molecule has 2 aliphatic rings. The fourth-order valence-electron chi connectivity index (χ4n) is 3.22. The van der Waals surface area contributed by atoms with Gasteiger partial charge in [-0.15, -0.1) is 0 Å². The lowest BCUT2D eigenvalue weighted by atomic mass is 9.97. The summed E-state index contributed by atoms with van der Waals surface area (Å²) in [5.74, 6) is 0.967. The second-order valence-corrected chi connectivity index (χ2v) is 5.54. The van der Waals surface area contributed by atoms with Gasteiger partial charge in [-0.2, -0.15) is 0 Å². The quantitative estimate of drug-likeness (QED) is 0.768. The highest BCUT2D eigenvalue weighted by atomic mass is 16.2. The van der Waals surface area contributed by atoms with Gasteiger partial charge in [0, 0.05) is 12.1 Å². The van der Waals surface area contributed by atoms with Gasteiger partial charge in [0.1, 0.15) is 0 Å². The molecule has 1 amide bonds. The Morgan fingerprint density at radius 3 is 2.44 bits per heavy atom. The van der Waals surface area contributed by atoms with Gasteiger partial charge in [0.15, 0.2) is 0 Å². The molecule has 0 aromatic rings. The van der Waals surface area contributed by atoms with E-state index in [2.05, 4.69) is 12.2 Å². The van der Waals surface area contributed by atoms with E-state index in [-0.39, 0.29) is 17.9 Å².